The minimum atomic E-state index is -4.61. The standard InChI is InChI=1S/C24H23ClF3N3O2/c1-14-11-18-17(23(33)31(14)16-7-9-29-10-8-16)3-2-4-21(18)30-22(32)13-15-5-6-20(25)19(12-15)24(26,27)28/h2-6,11-12,16,29H,7-10,13H2,1H3,(H,30,32). The van der Waals surface area contributed by atoms with Crippen molar-refractivity contribution in [3.8, 4) is 0 Å². The molecule has 0 unspecified atom stereocenters. The molecule has 2 aromatic carbocycles. The summed E-state index contributed by atoms with van der Waals surface area (Å²) < 4.78 is 41.2. The zero-order valence-electron chi connectivity index (χ0n) is 17.9. The van der Waals surface area contributed by atoms with Crippen LogP contribution in [-0.4, -0.2) is 23.6 Å². The molecule has 9 heteroatoms. The molecule has 0 atom stereocenters. The molecule has 0 bridgehead atoms. The number of pyridine rings is 1. The third kappa shape index (κ3) is 4.91. The van der Waals surface area contributed by atoms with Gasteiger partial charge in [0.1, 0.15) is 0 Å². The Morgan fingerprint density at radius 1 is 1.15 bits per heavy atom. The number of alkyl halides is 3. The van der Waals surface area contributed by atoms with Gasteiger partial charge in [-0.3, -0.25) is 9.59 Å². The molecule has 0 radical (unpaired) electrons. The Bertz CT molecular complexity index is 1260. The number of fused-ring (bicyclic) bond motifs is 1. The highest BCUT2D eigenvalue weighted by Gasteiger charge is 2.33. The fraction of sp³-hybridized carbons (Fsp3) is 0.333. The van der Waals surface area contributed by atoms with E-state index in [2.05, 4.69) is 10.6 Å². The fourth-order valence-corrected chi connectivity index (χ4v) is 4.61. The van der Waals surface area contributed by atoms with Gasteiger partial charge in [0.05, 0.1) is 17.0 Å². The van der Waals surface area contributed by atoms with Crippen molar-refractivity contribution < 1.29 is 18.0 Å². The van der Waals surface area contributed by atoms with Crippen molar-refractivity contribution in [2.45, 2.75) is 38.4 Å². The maximum absolute atomic E-state index is 13.3. The molecule has 0 spiro atoms. The van der Waals surface area contributed by atoms with Crippen LogP contribution in [0, 0.1) is 6.92 Å². The van der Waals surface area contributed by atoms with E-state index in [1.807, 2.05) is 17.6 Å². The molecule has 1 aliphatic rings. The van der Waals surface area contributed by atoms with Crippen molar-refractivity contribution in [3.63, 3.8) is 0 Å². The Labute approximate surface area is 193 Å². The summed E-state index contributed by atoms with van der Waals surface area (Å²) in [6.07, 6.45) is -3.14. The summed E-state index contributed by atoms with van der Waals surface area (Å²) in [7, 11) is 0. The Kier molecular flexibility index (Phi) is 6.50. The van der Waals surface area contributed by atoms with Crippen molar-refractivity contribution in [3.05, 3.63) is 74.7 Å². The van der Waals surface area contributed by atoms with E-state index < -0.39 is 22.7 Å². The Morgan fingerprint density at radius 3 is 2.58 bits per heavy atom. The van der Waals surface area contributed by atoms with Crippen molar-refractivity contribution in [1.29, 1.82) is 0 Å². The quantitative estimate of drug-likeness (QED) is 0.550. The maximum atomic E-state index is 13.3. The maximum Gasteiger partial charge on any atom is 0.417 e. The average molecular weight is 478 g/mol. The number of rotatable bonds is 4. The molecule has 4 rings (SSSR count). The van der Waals surface area contributed by atoms with E-state index in [4.69, 9.17) is 11.6 Å². The summed E-state index contributed by atoms with van der Waals surface area (Å²) in [5.74, 6) is -0.488. The number of carbonyl (C=O) groups excluding carboxylic acids is 1. The van der Waals surface area contributed by atoms with Crippen molar-refractivity contribution in [1.82, 2.24) is 9.88 Å². The van der Waals surface area contributed by atoms with Gasteiger partial charge in [-0.2, -0.15) is 13.2 Å². The predicted octanol–water partition coefficient (Wildman–Crippen LogP) is 5.09. The normalized spacial score (nSPS) is 15.1. The number of nitrogens with zero attached hydrogens (tertiary/aromatic N) is 1. The summed E-state index contributed by atoms with van der Waals surface area (Å²) >= 11 is 5.66. The van der Waals surface area contributed by atoms with Crippen molar-refractivity contribution in [2.75, 3.05) is 18.4 Å². The first-order valence-corrected chi connectivity index (χ1v) is 11.0. The number of aryl methyl sites for hydroxylation is 1. The summed E-state index contributed by atoms with van der Waals surface area (Å²) in [5.41, 5.74) is 0.344. The van der Waals surface area contributed by atoms with Gasteiger partial charge in [-0.25, -0.2) is 0 Å². The molecule has 2 heterocycles. The number of halogens is 4. The number of hydrogen-bond acceptors (Lipinski definition) is 3. The van der Waals surface area contributed by atoms with Crippen LogP contribution in [0.5, 0.6) is 0 Å². The van der Waals surface area contributed by atoms with Gasteiger partial charge in [0.2, 0.25) is 5.91 Å². The predicted molar refractivity (Wildman–Crippen MR) is 123 cm³/mol. The molecule has 3 aromatic rings. The van der Waals surface area contributed by atoms with Gasteiger partial charge < -0.3 is 15.2 Å². The first-order valence-electron chi connectivity index (χ1n) is 10.7. The number of hydrogen-bond donors (Lipinski definition) is 2. The minimum Gasteiger partial charge on any atom is -0.325 e. The van der Waals surface area contributed by atoms with Gasteiger partial charge in [-0.1, -0.05) is 23.7 Å². The highest BCUT2D eigenvalue weighted by Crippen LogP contribution is 2.35. The Hall–Kier alpha value is -2.84. The van der Waals surface area contributed by atoms with Crippen LogP contribution >= 0.6 is 11.6 Å². The lowest BCUT2D eigenvalue weighted by molar-refractivity contribution is -0.137. The molecule has 0 saturated carbocycles. The monoisotopic (exact) mass is 477 g/mol. The van der Waals surface area contributed by atoms with E-state index in [0.717, 1.165) is 43.8 Å². The smallest absolute Gasteiger partial charge is 0.325 e. The van der Waals surface area contributed by atoms with Gasteiger partial charge in [0, 0.05) is 28.2 Å². The van der Waals surface area contributed by atoms with Gasteiger partial charge in [-0.15, -0.1) is 0 Å². The lowest BCUT2D eigenvalue weighted by Crippen LogP contribution is -2.35. The van der Waals surface area contributed by atoms with E-state index in [1.165, 1.54) is 6.07 Å². The lowest BCUT2D eigenvalue weighted by atomic mass is 10.0. The van der Waals surface area contributed by atoms with Gasteiger partial charge in [-0.05, 0) is 68.8 Å². The third-order valence-corrected chi connectivity index (χ3v) is 6.27. The van der Waals surface area contributed by atoms with Crippen LogP contribution in [0.15, 0.2) is 47.3 Å². The molecule has 2 N–H and O–H groups in total. The molecule has 5 nitrogen and oxygen atoms in total. The second kappa shape index (κ2) is 9.19. The van der Waals surface area contributed by atoms with E-state index >= 15 is 0 Å². The molecule has 1 fully saturated rings. The molecule has 174 valence electrons. The largest absolute Gasteiger partial charge is 0.417 e. The zero-order chi connectivity index (χ0) is 23.8. The van der Waals surface area contributed by atoms with Gasteiger partial charge in [0.15, 0.2) is 0 Å². The minimum absolute atomic E-state index is 0.111. The zero-order valence-corrected chi connectivity index (χ0v) is 18.7. The highest BCUT2D eigenvalue weighted by molar-refractivity contribution is 6.31. The molecule has 1 aromatic heterocycles. The fourth-order valence-electron chi connectivity index (χ4n) is 4.38. The summed E-state index contributed by atoms with van der Waals surface area (Å²) in [6.45, 7) is 3.57. The van der Waals surface area contributed by atoms with E-state index in [0.29, 0.717) is 16.5 Å². The molecular weight excluding hydrogens is 455 g/mol. The Morgan fingerprint density at radius 2 is 1.88 bits per heavy atom. The third-order valence-electron chi connectivity index (χ3n) is 5.94. The number of benzene rings is 2. The highest BCUT2D eigenvalue weighted by atomic mass is 35.5. The van der Waals surface area contributed by atoms with Crippen LogP contribution < -0.4 is 16.2 Å². The first-order chi connectivity index (χ1) is 15.6. The van der Waals surface area contributed by atoms with Crippen molar-refractivity contribution in [2.24, 2.45) is 0 Å². The topological polar surface area (TPSA) is 63.1 Å². The second-order valence-electron chi connectivity index (χ2n) is 8.25. The SMILES string of the molecule is Cc1cc2c(NC(=O)Cc3ccc(Cl)c(C(F)(F)F)c3)cccc2c(=O)n1C1CCNCC1. The number of piperidine rings is 1. The summed E-state index contributed by atoms with van der Waals surface area (Å²) in [6, 6.07) is 10.5. The van der Waals surface area contributed by atoms with Crippen LogP contribution in [-0.2, 0) is 17.4 Å². The lowest BCUT2D eigenvalue weighted by Gasteiger charge is -2.27. The van der Waals surface area contributed by atoms with Crippen molar-refractivity contribution >= 4 is 34.0 Å². The number of anilines is 1. The van der Waals surface area contributed by atoms with E-state index in [9.17, 15) is 22.8 Å². The summed E-state index contributed by atoms with van der Waals surface area (Å²) in [4.78, 5) is 25.9. The number of amides is 1. The molecule has 1 amide bonds. The molecule has 1 aliphatic heterocycles. The van der Waals surface area contributed by atoms with E-state index in [1.54, 1.807) is 18.2 Å². The van der Waals surface area contributed by atoms with Crippen LogP contribution in [0.4, 0.5) is 18.9 Å². The van der Waals surface area contributed by atoms with Gasteiger partial charge >= 0.3 is 6.18 Å². The molecule has 0 aliphatic carbocycles. The summed E-state index contributed by atoms with van der Waals surface area (Å²) in [5, 5.41) is 6.72. The van der Waals surface area contributed by atoms with Crippen LogP contribution in [0.3, 0.4) is 0 Å². The van der Waals surface area contributed by atoms with Crippen LogP contribution in [0.2, 0.25) is 5.02 Å². The van der Waals surface area contributed by atoms with E-state index in [-0.39, 0.29) is 23.6 Å². The average Bonchev–Trinajstić information content (AvgIpc) is 2.76. The number of aromatic nitrogens is 1. The first kappa shape index (κ1) is 23.3. The van der Waals surface area contributed by atoms with Crippen LogP contribution in [0.1, 0.15) is 35.7 Å². The number of carbonyl (C=O) groups is 1. The van der Waals surface area contributed by atoms with Gasteiger partial charge in [0.25, 0.3) is 5.56 Å². The molecular formula is C24H23ClF3N3O2. The molecule has 1 saturated heterocycles. The van der Waals surface area contributed by atoms with Crippen LogP contribution in [0.25, 0.3) is 10.8 Å². The second-order valence-corrected chi connectivity index (χ2v) is 8.65. The number of nitrogens with one attached hydrogen (secondary N) is 2. The molecule has 33 heavy (non-hydrogen) atoms. The Balaban J connectivity index is 1.62.